The minimum Gasteiger partial charge on any atom is -0.484 e. The minimum absolute atomic E-state index is 0.0270. The summed E-state index contributed by atoms with van der Waals surface area (Å²) in [7, 11) is 0. The summed E-state index contributed by atoms with van der Waals surface area (Å²) in [6, 6.07) is 9.16. The quantitative estimate of drug-likeness (QED) is 0.341. The average Bonchev–Trinajstić information content (AvgIpc) is 2.50. The SMILES string of the molecule is CCN(CC(C)C(N)=NO)C(=O)COc1ccccc1. The van der Waals surface area contributed by atoms with E-state index in [0.717, 1.165) is 0 Å². The fourth-order valence-electron chi connectivity index (χ4n) is 1.68. The molecule has 1 unspecified atom stereocenters. The third-order valence-corrected chi connectivity index (χ3v) is 2.95. The fraction of sp³-hybridized carbons (Fsp3) is 0.429. The van der Waals surface area contributed by atoms with Crippen molar-refractivity contribution >= 4 is 11.7 Å². The number of rotatable bonds is 7. The van der Waals surface area contributed by atoms with Crippen LogP contribution in [-0.4, -0.2) is 41.5 Å². The van der Waals surface area contributed by atoms with Gasteiger partial charge in [-0.05, 0) is 19.1 Å². The average molecular weight is 279 g/mol. The highest BCUT2D eigenvalue weighted by Gasteiger charge is 2.17. The molecule has 0 aliphatic rings. The molecule has 1 rings (SSSR count). The maximum atomic E-state index is 12.1. The number of carbonyl (C=O) groups excluding carboxylic acids is 1. The van der Waals surface area contributed by atoms with Gasteiger partial charge in [0.1, 0.15) is 11.6 Å². The predicted molar refractivity (Wildman–Crippen MR) is 76.8 cm³/mol. The molecule has 0 radical (unpaired) electrons. The zero-order chi connectivity index (χ0) is 15.0. The van der Waals surface area contributed by atoms with Crippen LogP contribution in [0.25, 0.3) is 0 Å². The van der Waals surface area contributed by atoms with Crippen molar-refractivity contribution in [1.29, 1.82) is 0 Å². The van der Waals surface area contributed by atoms with Crippen LogP contribution >= 0.6 is 0 Å². The molecule has 0 spiro atoms. The molecule has 20 heavy (non-hydrogen) atoms. The van der Waals surface area contributed by atoms with Crippen LogP contribution in [-0.2, 0) is 4.79 Å². The number of benzene rings is 1. The number of ether oxygens (including phenoxy) is 1. The maximum Gasteiger partial charge on any atom is 0.260 e. The number of likely N-dealkylation sites (N-methyl/N-ethyl adjacent to an activating group) is 1. The molecule has 0 saturated heterocycles. The van der Waals surface area contributed by atoms with Gasteiger partial charge in [-0.3, -0.25) is 4.79 Å². The molecule has 1 aromatic rings. The first-order chi connectivity index (χ1) is 9.58. The first-order valence-corrected chi connectivity index (χ1v) is 6.51. The van der Waals surface area contributed by atoms with Crippen molar-refractivity contribution in [3.05, 3.63) is 30.3 Å². The highest BCUT2D eigenvalue weighted by molar-refractivity contribution is 5.83. The van der Waals surface area contributed by atoms with Gasteiger partial charge in [0.15, 0.2) is 6.61 Å². The number of para-hydroxylation sites is 1. The van der Waals surface area contributed by atoms with E-state index in [0.29, 0.717) is 18.8 Å². The number of oxime groups is 1. The van der Waals surface area contributed by atoms with E-state index < -0.39 is 0 Å². The minimum atomic E-state index is -0.208. The summed E-state index contributed by atoms with van der Waals surface area (Å²) in [6.07, 6.45) is 0. The Bertz CT molecular complexity index is 448. The summed E-state index contributed by atoms with van der Waals surface area (Å²) in [5, 5.41) is 11.6. The first-order valence-electron chi connectivity index (χ1n) is 6.51. The van der Waals surface area contributed by atoms with Gasteiger partial charge in [-0.25, -0.2) is 0 Å². The van der Waals surface area contributed by atoms with Crippen molar-refractivity contribution < 1.29 is 14.7 Å². The van der Waals surface area contributed by atoms with Crippen LogP contribution in [0.5, 0.6) is 5.75 Å². The third kappa shape index (κ3) is 4.79. The van der Waals surface area contributed by atoms with Gasteiger partial charge in [0.2, 0.25) is 0 Å². The number of nitrogens with two attached hydrogens (primary N) is 1. The van der Waals surface area contributed by atoms with Gasteiger partial charge in [-0.1, -0.05) is 30.3 Å². The van der Waals surface area contributed by atoms with Crippen LogP contribution in [0.1, 0.15) is 13.8 Å². The Morgan fingerprint density at radius 1 is 1.45 bits per heavy atom. The lowest BCUT2D eigenvalue weighted by atomic mass is 10.1. The van der Waals surface area contributed by atoms with Gasteiger partial charge in [-0.15, -0.1) is 0 Å². The molecular formula is C14H21N3O3. The molecule has 0 aromatic heterocycles. The van der Waals surface area contributed by atoms with Gasteiger partial charge >= 0.3 is 0 Å². The van der Waals surface area contributed by atoms with E-state index in [4.69, 9.17) is 15.7 Å². The van der Waals surface area contributed by atoms with E-state index in [9.17, 15) is 4.79 Å². The van der Waals surface area contributed by atoms with E-state index >= 15 is 0 Å². The summed E-state index contributed by atoms with van der Waals surface area (Å²) in [6.45, 7) is 4.58. The molecular weight excluding hydrogens is 258 g/mol. The van der Waals surface area contributed by atoms with Crippen molar-refractivity contribution in [2.24, 2.45) is 16.8 Å². The molecule has 1 amide bonds. The maximum absolute atomic E-state index is 12.1. The Morgan fingerprint density at radius 3 is 2.65 bits per heavy atom. The Labute approximate surface area is 118 Å². The van der Waals surface area contributed by atoms with Gasteiger partial charge in [0.05, 0.1) is 0 Å². The van der Waals surface area contributed by atoms with E-state index in [1.165, 1.54) is 0 Å². The predicted octanol–water partition coefficient (Wildman–Crippen LogP) is 1.30. The van der Waals surface area contributed by atoms with Crippen molar-refractivity contribution in [3.8, 4) is 5.75 Å². The number of carbonyl (C=O) groups is 1. The Balaban J connectivity index is 2.51. The molecule has 0 fully saturated rings. The van der Waals surface area contributed by atoms with E-state index in [2.05, 4.69) is 5.16 Å². The van der Waals surface area contributed by atoms with Crippen LogP contribution in [0, 0.1) is 5.92 Å². The second kappa shape index (κ2) is 8.04. The van der Waals surface area contributed by atoms with Crippen LogP contribution < -0.4 is 10.5 Å². The van der Waals surface area contributed by atoms with Crippen LogP contribution in [0.15, 0.2) is 35.5 Å². The first kappa shape index (κ1) is 15.8. The van der Waals surface area contributed by atoms with Gasteiger partial charge < -0.3 is 20.6 Å². The van der Waals surface area contributed by atoms with Crippen molar-refractivity contribution in [2.45, 2.75) is 13.8 Å². The van der Waals surface area contributed by atoms with Crippen molar-refractivity contribution in [2.75, 3.05) is 19.7 Å². The topological polar surface area (TPSA) is 88.1 Å². The van der Waals surface area contributed by atoms with Gasteiger partial charge in [0, 0.05) is 19.0 Å². The van der Waals surface area contributed by atoms with E-state index in [-0.39, 0.29) is 24.3 Å². The number of hydrogen-bond donors (Lipinski definition) is 2. The summed E-state index contributed by atoms with van der Waals surface area (Å²) in [4.78, 5) is 13.7. The zero-order valence-corrected chi connectivity index (χ0v) is 11.8. The Morgan fingerprint density at radius 2 is 2.10 bits per heavy atom. The lowest BCUT2D eigenvalue weighted by Gasteiger charge is -2.24. The second-order valence-electron chi connectivity index (χ2n) is 4.46. The van der Waals surface area contributed by atoms with Crippen LogP contribution in [0.2, 0.25) is 0 Å². The molecule has 3 N–H and O–H groups in total. The smallest absolute Gasteiger partial charge is 0.260 e. The molecule has 1 aromatic carbocycles. The molecule has 0 aliphatic carbocycles. The number of amidine groups is 1. The van der Waals surface area contributed by atoms with Gasteiger partial charge in [-0.2, -0.15) is 0 Å². The third-order valence-electron chi connectivity index (χ3n) is 2.95. The summed E-state index contributed by atoms with van der Waals surface area (Å²) in [5.74, 6) is 0.427. The lowest BCUT2D eigenvalue weighted by molar-refractivity contribution is -0.133. The molecule has 110 valence electrons. The Kier molecular flexibility index (Phi) is 6.36. The van der Waals surface area contributed by atoms with Crippen LogP contribution in [0.3, 0.4) is 0 Å². The lowest BCUT2D eigenvalue weighted by Crippen LogP contribution is -2.41. The van der Waals surface area contributed by atoms with E-state index in [1.807, 2.05) is 25.1 Å². The Hall–Kier alpha value is -2.24. The normalized spacial score (nSPS) is 12.8. The highest BCUT2D eigenvalue weighted by atomic mass is 16.5. The molecule has 0 bridgehead atoms. The second-order valence-corrected chi connectivity index (χ2v) is 4.46. The van der Waals surface area contributed by atoms with Crippen LogP contribution in [0.4, 0.5) is 0 Å². The monoisotopic (exact) mass is 279 g/mol. The molecule has 0 aliphatic heterocycles. The van der Waals surface area contributed by atoms with Crippen molar-refractivity contribution in [1.82, 2.24) is 4.90 Å². The summed E-state index contributed by atoms with van der Waals surface area (Å²) < 4.78 is 5.42. The van der Waals surface area contributed by atoms with Gasteiger partial charge in [0.25, 0.3) is 5.91 Å². The largest absolute Gasteiger partial charge is 0.484 e. The summed E-state index contributed by atoms with van der Waals surface area (Å²) >= 11 is 0. The number of amides is 1. The molecule has 6 heteroatoms. The van der Waals surface area contributed by atoms with Crippen molar-refractivity contribution in [3.63, 3.8) is 0 Å². The van der Waals surface area contributed by atoms with E-state index in [1.54, 1.807) is 24.0 Å². The molecule has 0 saturated carbocycles. The molecule has 1 atom stereocenters. The number of hydrogen-bond acceptors (Lipinski definition) is 4. The molecule has 6 nitrogen and oxygen atoms in total. The standard InChI is InChI=1S/C14H21N3O3/c1-3-17(9-11(2)14(15)16-19)13(18)10-20-12-7-5-4-6-8-12/h4-8,11,19H,3,9-10H2,1-2H3,(H2,15,16). The highest BCUT2D eigenvalue weighted by Crippen LogP contribution is 2.09. The zero-order valence-electron chi connectivity index (χ0n) is 11.8. The fourth-order valence-corrected chi connectivity index (χ4v) is 1.68. The number of nitrogens with zero attached hydrogens (tertiary/aromatic N) is 2. The summed E-state index contributed by atoms with van der Waals surface area (Å²) in [5.41, 5.74) is 5.52. The molecule has 0 heterocycles.